The number of alkyl halides is 1. The lowest BCUT2D eigenvalue weighted by Gasteiger charge is -2.28. The Labute approximate surface area is 147 Å². The van der Waals surface area contributed by atoms with Crippen molar-refractivity contribution >= 4 is 5.91 Å². The molecule has 0 saturated carbocycles. The van der Waals surface area contributed by atoms with Crippen molar-refractivity contribution in [1.82, 2.24) is 29.1 Å². The number of likely N-dealkylation sites (N-methyl/N-ethyl adjacent to an activating group) is 1. The SMILES string of the molecule is Cc1nn(C)cc1C(=O)N(C)C[C@@H]1C[C@H](F)CN1Cc1nccn1C. The number of hydrogen-bond acceptors (Lipinski definition) is 4. The topological polar surface area (TPSA) is 59.2 Å². The quantitative estimate of drug-likeness (QED) is 0.813. The van der Waals surface area contributed by atoms with Gasteiger partial charge in [0, 0.05) is 58.9 Å². The lowest BCUT2D eigenvalue weighted by atomic mass is 10.1. The highest BCUT2D eigenvalue weighted by Gasteiger charge is 2.34. The van der Waals surface area contributed by atoms with Crippen molar-refractivity contribution in [3.63, 3.8) is 0 Å². The van der Waals surface area contributed by atoms with Gasteiger partial charge in [0.1, 0.15) is 12.0 Å². The number of carbonyl (C=O) groups excluding carboxylic acids is 1. The number of aryl methyl sites for hydroxylation is 3. The Morgan fingerprint density at radius 3 is 2.80 bits per heavy atom. The van der Waals surface area contributed by atoms with Crippen molar-refractivity contribution in [1.29, 1.82) is 0 Å². The fraction of sp³-hybridized carbons (Fsp3) is 0.588. The van der Waals surface area contributed by atoms with Crippen LogP contribution < -0.4 is 0 Å². The van der Waals surface area contributed by atoms with Crippen molar-refractivity contribution < 1.29 is 9.18 Å². The summed E-state index contributed by atoms with van der Waals surface area (Å²) in [7, 11) is 5.49. The summed E-state index contributed by atoms with van der Waals surface area (Å²) in [5.41, 5.74) is 1.30. The molecule has 1 aliphatic rings. The second kappa shape index (κ2) is 6.95. The molecule has 25 heavy (non-hydrogen) atoms. The number of aromatic nitrogens is 4. The fourth-order valence-electron chi connectivity index (χ4n) is 3.45. The number of carbonyl (C=O) groups is 1. The summed E-state index contributed by atoms with van der Waals surface area (Å²) in [6.45, 7) is 3.27. The van der Waals surface area contributed by atoms with Crippen LogP contribution >= 0.6 is 0 Å². The standard InChI is InChI=1S/C17H25FN6O/c1-12-15(10-23(4)20-12)17(25)22(3)9-14-7-13(18)8-24(14)11-16-19-5-6-21(16)2/h5-6,10,13-14H,7-9,11H2,1-4H3/t13-,14-/m0/s1. The zero-order valence-electron chi connectivity index (χ0n) is 15.2. The average Bonchev–Trinajstić information content (AvgIpc) is 3.20. The molecule has 1 fully saturated rings. The Morgan fingerprint density at radius 1 is 1.44 bits per heavy atom. The van der Waals surface area contributed by atoms with Crippen LogP contribution in [-0.4, -0.2) is 67.4 Å². The van der Waals surface area contributed by atoms with Crippen LogP contribution in [0.25, 0.3) is 0 Å². The number of rotatable bonds is 5. The Hall–Kier alpha value is -2.22. The highest BCUT2D eigenvalue weighted by molar-refractivity contribution is 5.94. The van der Waals surface area contributed by atoms with E-state index in [1.54, 1.807) is 36.1 Å². The molecule has 1 saturated heterocycles. The molecule has 2 atom stereocenters. The van der Waals surface area contributed by atoms with Gasteiger partial charge < -0.3 is 9.47 Å². The van der Waals surface area contributed by atoms with Crippen LogP contribution in [0.1, 0.15) is 28.3 Å². The summed E-state index contributed by atoms with van der Waals surface area (Å²) >= 11 is 0. The first-order valence-electron chi connectivity index (χ1n) is 8.45. The van der Waals surface area contributed by atoms with Crippen molar-refractivity contribution in [3.8, 4) is 0 Å². The molecular formula is C17H25FN6O. The first-order valence-corrected chi connectivity index (χ1v) is 8.45. The van der Waals surface area contributed by atoms with E-state index in [0.29, 0.717) is 37.3 Å². The van der Waals surface area contributed by atoms with E-state index in [-0.39, 0.29) is 11.9 Å². The fourth-order valence-corrected chi connectivity index (χ4v) is 3.45. The van der Waals surface area contributed by atoms with Crippen LogP contribution in [0.3, 0.4) is 0 Å². The number of nitrogens with zero attached hydrogens (tertiary/aromatic N) is 6. The molecule has 1 aliphatic heterocycles. The molecule has 0 N–H and O–H groups in total. The highest BCUT2D eigenvalue weighted by Crippen LogP contribution is 2.23. The first kappa shape index (κ1) is 17.6. The number of likely N-dealkylation sites (tertiary alicyclic amines) is 1. The van der Waals surface area contributed by atoms with E-state index in [9.17, 15) is 9.18 Å². The van der Waals surface area contributed by atoms with Gasteiger partial charge in [-0.15, -0.1) is 0 Å². The molecule has 7 nitrogen and oxygen atoms in total. The smallest absolute Gasteiger partial charge is 0.257 e. The molecule has 2 aromatic heterocycles. The van der Waals surface area contributed by atoms with E-state index < -0.39 is 6.17 Å². The number of halogens is 1. The van der Waals surface area contributed by atoms with Gasteiger partial charge in [0.15, 0.2) is 0 Å². The summed E-state index contributed by atoms with van der Waals surface area (Å²) in [6.07, 6.45) is 4.93. The minimum Gasteiger partial charge on any atom is -0.340 e. The predicted octanol–water partition coefficient (Wildman–Crippen LogP) is 1.15. The Morgan fingerprint density at radius 2 is 2.20 bits per heavy atom. The minimum atomic E-state index is -0.867. The summed E-state index contributed by atoms with van der Waals surface area (Å²) in [5.74, 6) is 0.820. The number of imidazole rings is 1. The molecule has 3 heterocycles. The largest absolute Gasteiger partial charge is 0.340 e. The third-order valence-corrected chi connectivity index (χ3v) is 4.82. The summed E-state index contributed by atoms with van der Waals surface area (Å²) in [6, 6.07) is -0.0161. The molecule has 0 bridgehead atoms. The normalized spacial score (nSPS) is 21.0. The van der Waals surface area contributed by atoms with Crippen LogP contribution in [0, 0.1) is 6.92 Å². The molecule has 136 valence electrons. The molecular weight excluding hydrogens is 323 g/mol. The van der Waals surface area contributed by atoms with Crippen LogP contribution in [0.2, 0.25) is 0 Å². The van der Waals surface area contributed by atoms with Gasteiger partial charge in [0.25, 0.3) is 5.91 Å². The Balaban J connectivity index is 1.68. The van der Waals surface area contributed by atoms with Gasteiger partial charge in [-0.25, -0.2) is 9.37 Å². The molecule has 8 heteroatoms. The van der Waals surface area contributed by atoms with E-state index in [0.717, 1.165) is 5.82 Å². The minimum absolute atomic E-state index is 0.0161. The molecule has 0 aliphatic carbocycles. The molecule has 2 aromatic rings. The lowest BCUT2D eigenvalue weighted by molar-refractivity contribution is 0.0747. The molecule has 1 amide bonds. The summed E-state index contributed by atoms with van der Waals surface area (Å²) in [4.78, 5) is 20.7. The molecule has 0 unspecified atom stereocenters. The van der Waals surface area contributed by atoms with Crippen molar-refractivity contribution in [2.75, 3.05) is 20.1 Å². The van der Waals surface area contributed by atoms with Gasteiger partial charge in [-0.2, -0.15) is 5.10 Å². The van der Waals surface area contributed by atoms with Crippen LogP contribution in [0.15, 0.2) is 18.6 Å². The molecule has 0 spiro atoms. The van der Waals surface area contributed by atoms with E-state index in [1.165, 1.54) is 0 Å². The highest BCUT2D eigenvalue weighted by atomic mass is 19.1. The monoisotopic (exact) mass is 348 g/mol. The Kier molecular flexibility index (Phi) is 4.89. The second-order valence-corrected chi connectivity index (χ2v) is 6.86. The van der Waals surface area contributed by atoms with E-state index >= 15 is 0 Å². The third kappa shape index (κ3) is 3.73. The van der Waals surface area contributed by atoms with Gasteiger partial charge in [-0.3, -0.25) is 14.4 Å². The Bertz CT molecular complexity index is 754. The van der Waals surface area contributed by atoms with Gasteiger partial charge >= 0.3 is 0 Å². The summed E-state index contributed by atoms with van der Waals surface area (Å²) in [5, 5.41) is 4.22. The molecule has 3 rings (SSSR count). The van der Waals surface area contributed by atoms with Crippen molar-refractivity contribution in [3.05, 3.63) is 35.7 Å². The lowest BCUT2D eigenvalue weighted by Crippen LogP contribution is -2.41. The van der Waals surface area contributed by atoms with E-state index in [2.05, 4.69) is 15.0 Å². The summed E-state index contributed by atoms with van der Waals surface area (Å²) < 4.78 is 17.6. The zero-order chi connectivity index (χ0) is 18.1. The third-order valence-electron chi connectivity index (χ3n) is 4.82. The molecule has 0 aromatic carbocycles. The number of amides is 1. The van der Waals surface area contributed by atoms with E-state index in [1.807, 2.05) is 24.7 Å². The maximum absolute atomic E-state index is 14.0. The zero-order valence-corrected chi connectivity index (χ0v) is 15.2. The van der Waals surface area contributed by atoms with Gasteiger partial charge in [-0.1, -0.05) is 0 Å². The van der Waals surface area contributed by atoms with E-state index in [4.69, 9.17) is 0 Å². The van der Waals surface area contributed by atoms with Crippen molar-refractivity contribution in [2.45, 2.75) is 32.1 Å². The van der Waals surface area contributed by atoms with Crippen LogP contribution in [-0.2, 0) is 20.6 Å². The van der Waals surface area contributed by atoms with Crippen molar-refractivity contribution in [2.24, 2.45) is 14.1 Å². The number of hydrogen-bond donors (Lipinski definition) is 0. The maximum Gasteiger partial charge on any atom is 0.257 e. The maximum atomic E-state index is 14.0. The van der Waals surface area contributed by atoms with Crippen LogP contribution in [0.5, 0.6) is 0 Å². The predicted molar refractivity (Wildman–Crippen MR) is 91.8 cm³/mol. The van der Waals surface area contributed by atoms with Gasteiger partial charge in [-0.05, 0) is 13.3 Å². The van der Waals surface area contributed by atoms with Gasteiger partial charge in [0.2, 0.25) is 0 Å². The molecule has 0 radical (unpaired) electrons. The second-order valence-electron chi connectivity index (χ2n) is 6.86. The van der Waals surface area contributed by atoms with Crippen LogP contribution in [0.4, 0.5) is 4.39 Å². The van der Waals surface area contributed by atoms with Gasteiger partial charge in [0.05, 0.1) is 17.8 Å². The average molecular weight is 348 g/mol. The first-order chi connectivity index (χ1) is 11.8.